The number of benzene rings is 1. The van der Waals surface area contributed by atoms with Gasteiger partial charge in [-0.2, -0.15) is 16.1 Å². The van der Waals surface area contributed by atoms with Crippen LogP contribution >= 0.6 is 35.0 Å². The second-order valence-electron chi connectivity index (χ2n) is 4.94. The average Bonchev–Trinajstić information content (AvgIpc) is 2.44. The van der Waals surface area contributed by atoms with Crippen LogP contribution in [0.5, 0.6) is 0 Å². The molecule has 0 bridgehead atoms. The molecule has 8 heteroatoms. The highest BCUT2D eigenvalue weighted by Crippen LogP contribution is 2.32. The highest BCUT2D eigenvalue weighted by molar-refractivity contribution is 8.00. The Balaban J connectivity index is 2.46. The van der Waals surface area contributed by atoms with Crippen LogP contribution < -0.4 is 0 Å². The Labute approximate surface area is 138 Å². The van der Waals surface area contributed by atoms with Crippen LogP contribution in [0.3, 0.4) is 0 Å². The molecule has 1 aliphatic rings. The molecule has 0 amide bonds. The van der Waals surface area contributed by atoms with Gasteiger partial charge in [0.25, 0.3) is 0 Å². The summed E-state index contributed by atoms with van der Waals surface area (Å²) < 4.78 is 40.7. The van der Waals surface area contributed by atoms with Crippen molar-refractivity contribution in [2.24, 2.45) is 0 Å². The van der Waals surface area contributed by atoms with Gasteiger partial charge < -0.3 is 0 Å². The first-order chi connectivity index (χ1) is 9.78. The van der Waals surface area contributed by atoms with E-state index < -0.39 is 15.8 Å². The monoisotopic (exact) mass is 371 g/mol. The fraction of sp³-hybridized carbons (Fsp3) is 0.538. The van der Waals surface area contributed by atoms with Crippen LogP contribution in [0.15, 0.2) is 17.0 Å². The van der Waals surface area contributed by atoms with Gasteiger partial charge in [-0.3, -0.25) is 0 Å². The third-order valence-corrected chi connectivity index (χ3v) is 7.67. The molecule has 2 unspecified atom stereocenters. The molecule has 0 spiro atoms. The van der Waals surface area contributed by atoms with E-state index in [9.17, 15) is 12.8 Å². The molecule has 2 rings (SSSR count). The van der Waals surface area contributed by atoms with Gasteiger partial charge in [-0.25, -0.2) is 12.8 Å². The van der Waals surface area contributed by atoms with Gasteiger partial charge in [0.05, 0.1) is 9.92 Å². The number of halogens is 3. The minimum absolute atomic E-state index is 0.0408. The molecule has 0 N–H and O–H groups in total. The molecule has 0 saturated carbocycles. The van der Waals surface area contributed by atoms with Crippen molar-refractivity contribution < 1.29 is 12.8 Å². The van der Waals surface area contributed by atoms with Gasteiger partial charge in [-0.1, -0.05) is 18.5 Å². The van der Waals surface area contributed by atoms with Crippen molar-refractivity contribution >= 4 is 45.0 Å². The lowest BCUT2D eigenvalue weighted by atomic mass is 10.2. The van der Waals surface area contributed by atoms with E-state index >= 15 is 0 Å². The van der Waals surface area contributed by atoms with E-state index in [1.54, 1.807) is 11.8 Å². The second-order valence-corrected chi connectivity index (χ2v) is 8.97. The summed E-state index contributed by atoms with van der Waals surface area (Å²) in [7, 11) is -3.75. The predicted molar refractivity (Wildman–Crippen MR) is 86.2 cm³/mol. The highest BCUT2D eigenvalue weighted by Gasteiger charge is 2.35. The minimum atomic E-state index is -3.75. The van der Waals surface area contributed by atoms with Gasteiger partial charge in [0.15, 0.2) is 0 Å². The molecule has 0 aromatic heterocycles. The van der Waals surface area contributed by atoms with Crippen LogP contribution in [0.2, 0.25) is 5.02 Å². The van der Waals surface area contributed by atoms with Crippen molar-refractivity contribution in [1.82, 2.24) is 4.31 Å². The molecule has 1 aromatic carbocycles. The van der Waals surface area contributed by atoms with Crippen LogP contribution in [0.25, 0.3) is 0 Å². The quantitative estimate of drug-likeness (QED) is 0.759. The lowest BCUT2D eigenvalue weighted by Gasteiger charge is -2.36. The number of hydrogen-bond donors (Lipinski definition) is 0. The summed E-state index contributed by atoms with van der Waals surface area (Å²) in [6.45, 7) is 4.27. The second kappa shape index (κ2) is 6.62. The number of rotatable bonds is 3. The molecule has 0 radical (unpaired) electrons. The minimum Gasteiger partial charge on any atom is -0.207 e. The fourth-order valence-electron chi connectivity index (χ4n) is 2.24. The van der Waals surface area contributed by atoms with Crippen molar-refractivity contribution in [1.29, 1.82) is 0 Å². The summed E-state index contributed by atoms with van der Waals surface area (Å²) in [5, 5.41) is 0.0673. The first kappa shape index (κ1) is 17.3. The molecule has 1 aromatic rings. The third kappa shape index (κ3) is 3.34. The van der Waals surface area contributed by atoms with Crippen molar-refractivity contribution in [3.63, 3.8) is 0 Å². The normalized spacial score (nSPS) is 24.2. The molecule has 118 valence electrons. The lowest BCUT2D eigenvalue weighted by Crippen LogP contribution is -2.47. The molecular weight excluding hydrogens is 356 g/mol. The van der Waals surface area contributed by atoms with E-state index in [0.29, 0.717) is 6.54 Å². The maximum atomic E-state index is 13.8. The van der Waals surface area contributed by atoms with Crippen LogP contribution in [0, 0.1) is 5.82 Å². The maximum absolute atomic E-state index is 13.8. The largest absolute Gasteiger partial charge is 0.243 e. The zero-order chi connectivity index (χ0) is 15.8. The Kier molecular flexibility index (Phi) is 5.47. The van der Waals surface area contributed by atoms with Crippen LogP contribution in [0.1, 0.15) is 19.4 Å². The number of hydrogen-bond acceptors (Lipinski definition) is 3. The molecular formula is C13H16Cl2FNO2S2. The summed E-state index contributed by atoms with van der Waals surface area (Å²) >= 11 is 13.2. The van der Waals surface area contributed by atoms with Gasteiger partial charge in [0.1, 0.15) is 5.82 Å². The van der Waals surface area contributed by atoms with Crippen molar-refractivity contribution in [2.45, 2.75) is 35.9 Å². The molecule has 1 heterocycles. The molecule has 3 nitrogen and oxygen atoms in total. The zero-order valence-electron chi connectivity index (χ0n) is 11.6. The van der Waals surface area contributed by atoms with Crippen LogP contribution in [-0.2, 0) is 15.9 Å². The van der Waals surface area contributed by atoms with Gasteiger partial charge in [0.2, 0.25) is 10.0 Å². The van der Waals surface area contributed by atoms with Crippen molar-refractivity contribution in [2.75, 3.05) is 12.3 Å². The summed E-state index contributed by atoms with van der Waals surface area (Å²) in [5.41, 5.74) is 0.281. The van der Waals surface area contributed by atoms with Crippen molar-refractivity contribution in [3.05, 3.63) is 28.5 Å². The number of thioether (sulfide) groups is 1. The maximum Gasteiger partial charge on any atom is 0.243 e. The van der Waals surface area contributed by atoms with E-state index in [2.05, 4.69) is 0 Å². The Morgan fingerprint density at radius 2 is 2.10 bits per heavy atom. The lowest BCUT2D eigenvalue weighted by molar-refractivity contribution is 0.340. The van der Waals surface area contributed by atoms with Gasteiger partial charge in [-0.05, 0) is 24.6 Å². The van der Waals surface area contributed by atoms with Gasteiger partial charge in [-0.15, -0.1) is 11.6 Å². The van der Waals surface area contributed by atoms with Gasteiger partial charge in [0, 0.05) is 29.5 Å². The summed E-state index contributed by atoms with van der Waals surface area (Å²) in [6, 6.07) is 2.17. The fourth-order valence-corrected chi connectivity index (χ4v) is 5.76. The third-order valence-electron chi connectivity index (χ3n) is 3.65. The number of alkyl halides is 1. The molecule has 2 atom stereocenters. The smallest absolute Gasteiger partial charge is 0.207 e. The Bertz CT molecular complexity index is 639. The summed E-state index contributed by atoms with van der Waals surface area (Å²) in [5.74, 6) is -0.0788. The zero-order valence-corrected chi connectivity index (χ0v) is 14.8. The summed E-state index contributed by atoms with van der Waals surface area (Å²) in [4.78, 5) is -0.0917. The topological polar surface area (TPSA) is 37.4 Å². The van der Waals surface area contributed by atoms with E-state index in [1.807, 2.05) is 13.8 Å². The van der Waals surface area contributed by atoms with E-state index in [4.69, 9.17) is 23.2 Å². The van der Waals surface area contributed by atoms with E-state index in [0.717, 1.165) is 11.8 Å². The Morgan fingerprint density at radius 1 is 1.43 bits per heavy atom. The van der Waals surface area contributed by atoms with Gasteiger partial charge >= 0.3 is 0 Å². The standard InChI is InChI=1S/C13H16Cl2FNO2S2/c1-8-9(2)20-4-3-17(8)21(18,19)11-5-10(7-14)13(15)12(16)6-11/h5-6,8-9H,3-4,7H2,1-2H3. The molecule has 1 aliphatic heterocycles. The first-order valence-electron chi connectivity index (χ1n) is 6.46. The predicted octanol–water partition coefficient (Wildman–Crippen LogP) is 3.73. The Hall–Kier alpha value is -0.0100. The number of nitrogens with zero attached hydrogens (tertiary/aromatic N) is 1. The van der Waals surface area contributed by atoms with Crippen LogP contribution in [0.4, 0.5) is 4.39 Å². The molecule has 21 heavy (non-hydrogen) atoms. The van der Waals surface area contributed by atoms with Crippen molar-refractivity contribution in [3.8, 4) is 0 Å². The molecule has 0 aliphatic carbocycles. The van der Waals surface area contributed by atoms with E-state index in [-0.39, 0.29) is 32.7 Å². The molecule has 1 saturated heterocycles. The van der Waals surface area contributed by atoms with E-state index in [1.165, 1.54) is 10.4 Å². The molecule has 1 fully saturated rings. The average molecular weight is 372 g/mol. The SMILES string of the molecule is CC1SCCN(S(=O)(=O)c2cc(F)c(Cl)c(CCl)c2)C1C. The Morgan fingerprint density at radius 3 is 2.71 bits per heavy atom. The number of sulfonamides is 1. The highest BCUT2D eigenvalue weighted by atomic mass is 35.5. The first-order valence-corrected chi connectivity index (χ1v) is 9.86. The van der Waals surface area contributed by atoms with Crippen LogP contribution in [-0.4, -0.2) is 36.3 Å². The summed E-state index contributed by atoms with van der Waals surface area (Å²) in [6.07, 6.45) is 0.